The van der Waals surface area contributed by atoms with Gasteiger partial charge >= 0.3 is 0 Å². The molecule has 1 saturated heterocycles. The Morgan fingerprint density at radius 3 is 2.65 bits per heavy atom. The molecule has 0 spiro atoms. The van der Waals surface area contributed by atoms with Gasteiger partial charge in [-0.05, 0) is 55.0 Å². The summed E-state index contributed by atoms with van der Waals surface area (Å²) in [6.45, 7) is 4.14. The van der Waals surface area contributed by atoms with E-state index in [-0.39, 0.29) is 6.10 Å². The standard InChI is InChI=1S/C20H20Cl3NOS/c1-2-5-26-18-7-11(19-15(22)8-12(21)9-16(19)23)6-13-14-10-24-4-3-17(14)25-20(13)18/h6-9,14,17,24H,2-5,10H2,1H3/t14?,17-/m0/s1. The van der Waals surface area contributed by atoms with Gasteiger partial charge in [-0.3, -0.25) is 0 Å². The number of nitrogens with one attached hydrogen (secondary N) is 1. The summed E-state index contributed by atoms with van der Waals surface area (Å²) in [7, 11) is 0. The number of hydrogen-bond donors (Lipinski definition) is 1. The number of benzene rings is 2. The lowest BCUT2D eigenvalue weighted by atomic mass is 9.89. The van der Waals surface area contributed by atoms with Crippen LogP contribution in [0, 0.1) is 0 Å². The van der Waals surface area contributed by atoms with Crippen molar-refractivity contribution in [3.63, 3.8) is 0 Å². The zero-order chi connectivity index (χ0) is 18.3. The quantitative estimate of drug-likeness (QED) is 0.550. The van der Waals surface area contributed by atoms with Gasteiger partial charge in [-0.2, -0.15) is 0 Å². The van der Waals surface area contributed by atoms with Crippen molar-refractivity contribution in [2.45, 2.75) is 36.7 Å². The van der Waals surface area contributed by atoms with Crippen molar-refractivity contribution in [3.05, 3.63) is 44.9 Å². The van der Waals surface area contributed by atoms with Crippen LogP contribution in [0.25, 0.3) is 11.1 Å². The highest BCUT2D eigenvalue weighted by Gasteiger charge is 2.38. The van der Waals surface area contributed by atoms with Crippen molar-refractivity contribution in [1.82, 2.24) is 5.32 Å². The molecule has 138 valence electrons. The molecule has 1 N–H and O–H groups in total. The highest BCUT2D eigenvalue weighted by atomic mass is 35.5. The van der Waals surface area contributed by atoms with Crippen LogP contribution in [0.15, 0.2) is 29.2 Å². The van der Waals surface area contributed by atoms with E-state index >= 15 is 0 Å². The van der Waals surface area contributed by atoms with Crippen LogP contribution in [0.3, 0.4) is 0 Å². The molecular weight excluding hydrogens is 409 g/mol. The number of ether oxygens (including phenoxy) is 1. The number of piperidine rings is 1. The first-order valence-corrected chi connectivity index (χ1v) is 11.0. The highest BCUT2D eigenvalue weighted by Crippen LogP contribution is 2.49. The first-order valence-electron chi connectivity index (χ1n) is 8.91. The lowest BCUT2D eigenvalue weighted by Crippen LogP contribution is -2.37. The van der Waals surface area contributed by atoms with Crippen LogP contribution in [0.4, 0.5) is 0 Å². The normalized spacial score (nSPS) is 21.2. The van der Waals surface area contributed by atoms with Crippen LogP contribution >= 0.6 is 46.6 Å². The van der Waals surface area contributed by atoms with Gasteiger partial charge in [-0.15, -0.1) is 11.8 Å². The minimum atomic E-state index is 0.263. The maximum atomic E-state index is 6.50. The fourth-order valence-electron chi connectivity index (χ4n) is 3.74. The minimum Gasteiger partial charge on any atom is -0.488 e. The molecule has 2 nitrogen and oxygen atoms in total. The van der Waals surface area contributed by atoms with E-state index in [4.69, 9.17) is 39.5 Å². The van der Waals surface area contributed by atoms with Gasteiger partial charge < -0.3 is 10.1 Å². The molecule has 0 radical (unpaired) electrons. The van der Waals surface area contributed by atoms with Gasteiger partial charge in [-0.25, -0.2) is 0 Å². The highest BCUT2D eigenvalue weighted by molar-refractivity contribution is 7.99. The number of thioether (sulfide) groups is 1. The van der Waals surface area contributed by atoms with Gasteiger partial charge in [0.15, 0.2) is 0 Å². The fourth-order valence-corrected chi connectivity index (χ4v) is 5.71. The summed E-state index contributed by atoms with van der Waals surface area (Å²) in [4.78, 5) is 1.18. The third-order valence-electron chi connectivity index (χ3n) is 4.93. The van der Waals surface area contributed by atoms with E-state index in [1.165, 1.54) is 10.5 Å². The van der Waals surface area contributed by atoms with Crippen molar-refractivity contribution in [1.29, 1.82) is 0 Å². The van der Waals surface area contributed by atoms with Gasteiger partial charge in [0.25, 0.3) is 0 Å². The summed E-state index contributed by atoms with van der Waals surface area (Å²) in [5.74, 6) is 2.48. The minimum absolute atomic E-state index is 0.263. The Morgan fingerprint density at radius 1 is 1.15 bits per heavy atom. The Labute approximate surface area is 173 Å². The second kappa shape index (κ2) is 7.81. The lowest BCUT2D eigenvalue weighted by Gasteiger charge is -2.25. The summed E-state index contributed by atoms with van der Waals surface area (Å²) in [5.41, 5.74) is 3.13. The fraction of sp³-hybridized carbons (Fsp3) is 0.400. The zero-order valence-corrected chi connectivity index (χ0v) is 17.5. The van der Waals surface area contributed by atoms with Gasteiger partial charge in [-0.1, -0.05) is 41.7 Å². The second-order valence-electron chi connectivity index (χ2n) is 6.74. The molecule has 26 heavy (non-hydrogen) atoms. The van der Waals surface area contributed by atoms with Crippen LogP contribution in [0.5, 0.6) is 5.75 Å². The first kappa shape index (κ1) is 18.8. The maximum absolute atomic E-state index is 6.50. The van der Waals surface area contributed by atoms with Crippen molar-refractivity contribution in [2.24, 2.45) is 0 Å². The second-order valence-corrected chi connectivity index (χ2v) is 9.13. The van der Waals surface area contributed by atoms with E-state index in [0.717, 1.165) is 48.6 Å². The molecule has 2 aromatic carbocycles. The van der Waals surface area contributed by atoms with Crippen LogP contribution in [-0.2, 0) is 0 Å². The van der Waals surface area contributed by atoms with Gasteiger partial charge in [0.1, 0.15) is 11.9 Å². The molecule has 6 heteroatoms. The summed E-state index contributed by atoms with van der Waals surface area (Å²) in [5, 5.41) is 5.19. The Morgan fingerprint density at radius 2 is 1.92 bits per heavy atom. The molecule has 2 aromatic rings. The molecule has 2 atom stereocenters. The molecule has 0 saturated carbocycles. The predicted molar refractivity (Wildman–Crippen MR) is 113 cm³/mol. The summed E-state index contributed by atoms with van der Waals surface area (Å²) >= 11 is 20.9. The number of fused-ring (bicyclic) bond motifs is 3. The molecule has 1 fully saturated rings. The van der Waals surface area contributed by atoms with Crippen LogP contribution < -0.4 is 10.1 Å². The monoisotopic (exact) mass is 427 g/mol. The molecule has 0 bridgehead atoms. The smallest absolute Gasteiger partial charge is 0.137 e. The topological polar surface area (TPSA) is 21.3 Å². The SMILES string of the molecule is CCCSc1cc(-c2c(Cl)cc(Cl)cc2Cl)cc2c1O[C@H]1CCNCC21. The third kappa shape index (κ3) is 3.45. The predicted octanol–water partition coefficient (Wildman–Crippen LogP) is 6.65. The average molecular weight is 429 g/mol. The van der Waals surface area contributed by atoms with E-state index in [1.807, 2.05) is 11.8 Å². The maximum Gasteiger partial charge on any atom is 0.137 e. The molecular formula is C20H20Cl3NOS. The Kier molecular flexibility index (Phi) is 5.64. The molecule has 0 aromatic heterocycles. The molecule has 4 rings (SSSR count). The average Bonchev–Trinajstić information content (AvgIpc) is 2.98. The van der Waals surface area contributed by atoms with Crippen LogP contribution in [0.1, 0.15) is 31.2 Å². The Balaban J connectivity index is 1.85. The largest absolute Gasteiger partial charge is 0.488 e. The van der Waals surface area contributed by atoms with E-state index in [1.54, 1.807) is 12.1 Å². The Hall–Kier alpha value is -0.580. The molecule has 2 aliphatic rings. The van der Waals surface area contributed by atoms with Crippen LogP contribution in [-0.4, -0.2) is 24.9 Å². The van der Waals surface area contributed by atoms with Crippen molar-refractivity contribution in [2.75, 3.05) is 18.8 Å². The van der Waals surface area contributed by atoms with Crippen molar-refractivity contribution in [3.8, 4) is 16.9 Å². The zero-order valence-electron chi connectivity index (χ0n) is 14.5. The summed E-state index contributed by atoms with van der Waals surface area (Å²) < 4.78 is 6.36. The van der Waals surface area contributed by atoms with Gasteiger partial charge in [0, 0.05) is 28.6 Å². The molecule has 0 aliphatic carbocycles. The molecule has 0 amide bonds. The van der Waals surface area contributed by atoms with E-state index in [0.29, 0.717) is 21.0 Å². The number of hydrogen-bond acceptors (Lipinski definition) is 3. The van der Waals surface area contributed by atoms with Crippen molar-refractivity contribution < 1.29 is 4.74 Å². The lowest BCUT2D eigenvalue weighted by molar-refractivity contribution is 0.169. The van der Waals surface area contributed by atoms with E-state index in [9.17, 15) is 0 Å². The van der Waals surface area contributed by atoms with Gasteiger partial charge in [0.2, 0.25) is 0 Å². The van der Waals surface area contributed by atoms with Crippen LogP contribution in [0.2, 0.25) is 15.1 Å². The summed E-state index contributed by atoms with van der Waals surface area (Å²) in [6.07, 6.45) is 2.41. The Bertz CT molecular complexity index is 819. The van der Waals surface area contributed by atoms with E-state index < -0.39 is 0 Å². The molecule has 2 heterocycles. The first-order chi connectivity index (χ1) is 12.6. The third-order valence-corrected chi connectivity index (χ3v) is 6.97. The van der Waals surface area contributed by atoms with Crippen molar-refractivity contribution >= 4 is 46.6 Å². The molecule has 2 aliphatic heterocycles. The van der Waals surface area contributed by atoms with E-state index in [2.05, 4.69) is 24.4 Å². The molecule has 1 unspecified atom stereocenters. The number of rotatable bonds is 4. The number of halogens is 3. The van der Waals surface area contributed by atoms with Gasteiger partial charge in [0.05, 0.1) is 14.9 Å². The summed E-state index contributed by atoms with van der Waals surface area (Å²) in [6, 6.07) is 7.85.